The van der Waals surface area contributed by atoms with Crippen molar-refractivity contribution in [3.05, 3.63) is 35.9 Å². The minimum absolute atomic E-state index is 0.0613. The summed E-state index contributed by atoms with van der Waals surface area (Å²) in [5, 5.41) is 10.9. The van der Waals surface area contributed by atoms with Crippen molar-refractivity contribution >= 4 is 12.1 Å². The van der Waals surface area contributed by atoms with Crippen LogP contribution in [0.2, 0.25) is 0 Å². The third kappa shape index (κ3) is 7.86. The molecular formula is C15H18F3NO6. The van der Waals surface area contributed by atoms with E-state index in [2.05, 4.69) is 14.8 Å². The molecule has 0 bridgehead atoms. The number of halogens is 3. The number of esters is 1. The van der Waals surface area contributed by atoms with E-state index in [0.717, 1.165) is 7.11 Å². The highest BCUT2D eigenvalue weighted by Gasteiger charge is 2.38. The van der Waals surface area contributed by atoms with Crippen molar-refractivity contribution in [2.75, 3.05) is 20.3 Å². The summed E-state index contributed by atoms with van der Waals surface area (Å²) in [5.74, 6) is -0.932. The number of methoxy groups -OCH3 is 1. The average Bonchev–Trinajstić information content (AvgIpc) is 2.58. The molecule has 0 radical (unpaired) electrons. The Kier molecular flexibility index (Phi) is 8.16. The number of aliphatic hydroxyl groups excluding tert-OH is 1. The van der Waals surface area contributed by atoms with Gasteiger partial charge in [-0.25, -0.2) is 9.59 Å². The van der Waals surface area contributed by atoms with Gasteiger partial charge >= 0.3 is 18.2 Å². The van der Waals surface area contributed by atoms with Crippen LogP contribution in [0.1, 0.15) is 5.56 Å². The van der Waals surface area contributed by atoms with Crippen LogP contribution < -0.4 is 5.32 Å². The average molecular weight is 365 g/mol. The van der Waals surface area contributed by atoms with Crippen LogP contribution in [0.25, 0.3) is 0 Å². The number of hydrogen-bond acceptors (Lipinski definition) is 6. The number of ether oxygens (including phenoxy) is 3. The first-order valence-corrected chi connectivity index (χ1v) is 7.11. The molecule has 0 heterocycles. The molecule has 10 heteroatoms. The zero-order valence-corrected chi connectivity index (χ0v) is 13.3. The van der Waals surface area contributed by atoms with E-state index in [1.165, 1.54) is 0 Å². The van der Waals surface area contributed by atoms with Gasteiger partial charge in [-0.1, -0.05) is 30.3 Å². The first-order valence-electron chi connectivity index (χ1n) is 7.11. The third-order valence-electron chi connectivity index (χ3n) is 2.93. The lowest BCUT2D eigenvalue weighted by Gasteiger charge is -2.19. The quantitative estimate of drug-likeness (QED) is 0.677. The van der Waals surface area contributed by atoms with Gasteiger partial charge in [-0.15, -0.1) is 0 Å². The minimum Gasteiger partial charge on any atom is -0.467 e. The first-order chi connectivity index (χ1) is 11.7. The molecule has 1 aromatic carbocycles. The van der Waals surface area contributed by atoms with Gasteiger partial charge in [-0.05, 0) is 5.56 Å². The molecular weight excluding hydrogens is 347 g/mol. The Morgan fingerprint density at radius 1 is 1.20 bits per heavy atom. The molecule has 2 unspecified atom stereocenters. The number of hydrogen-bond donors (Lipinski definition) is 2. The predicted molar refractivity (Wildman–Crippen MR) is 78.4 cm³/mol. The molecule has 0 fully saturated rings. The van der Waals surface area contributed by atoms with E-state index >= 15 is 0 Å². The number of amides is 1. The Bertz CT molecular complexity index is 552. The fourth-order valence-corrected chi connectivity index (χ4v) is 1.61. The second-order valence-electron chi connectivity index (χ2n) is 4.88. The number of carbonyl (C=O) groups excluding carboxylic acids is 2. The van der Waals surface area contributed by atoms with E-state index in [1.54, 1.807) is 30.3 Å². The third-order valence-corrected chi connectivity index (χ3v) is 2.93. The SMILES string of the molecule is COC(=O)C(COCC(O)C(F)(F)F)NC(=O)OCc1ccccc1. The molecule has 0 aromatic heterocycles. The van der Waals surface area contributed by atoms with Gasteiger partial charge in [0.25, 0.3) is 0 Å². The van der Waals surface area contributed by atoms with Gasteiger partial charge in [0.1, 0.15) is 6.61 Å². The van der Waals surface area contributed by atoms with Gasteiger partial charge < -0.3 is 24.6 Å². The summed E-state index contributed by atoms with van der Waals surface area (Å²) in [5.41, 5.74) is 0.705. The fraction of sp³-hybridized carbons (Fsp3) is 0.467. The second kappa shape index (κ2) is 9.84. The van der Waals surface area contributed by atoms with Crippen LogP contribution in [-0.2, 0) is 25.6 Å². The summed E-state index contributed by atoms with van der Waals surface area (Å²) in [6.45, 7) is -1.77. The summed E-state index contributed by atoms with van der Waals surface area (Å²) < 4.78 is 50.4. The van der Waals surface area contributed by atoms with E-state index in [0.29, 0.717) is 5.56 Å². The normalized spacial score (nSPS) is 13.6. The van der Waals surface area contributed by atoms with Crippen molar-refractivity contribution in [3.63, 3.8) is 0 Å². The fourth-order valence-electron chi connectivity index (χ4n) is 1.61. The number of alkyl carbamates (subject to hydrolysis) is 1. The molecule has 0 spiro atoms. The highest BCUT2D eigenvalue weighted by atomic mass is 19.4. The molecule has 1 amide bonds. The van der Waals surface area contributed by atoms with Crippen LogP contribution in [0.5, 0.6) is 0 Å². The smallest absolute Gasteiger partial charge is 0.416 e. The van der Waals surface area contributed by atoms with Gasteiger partial charge in [-0.3, -0.25) is 0 Å². The van der Waals surface area contributed by atoms with E-state index in [1.807, 2.05) is 0 Å². The van der Waals surface area contributed by atoms with Crippen LogP contribution in [0.3, 0.4) is 0 Å². The van der Waals surface area contributed by atoms with Crippen molar-refractivity contribution in [1.82, 2.24) is 5.32 Å². The number of nitrogens with one attached hydrogen (secondary N) is 1. The van der Waals surface area contributed by atoms with Crippen LogP contribution in [0.4, 0.5) is 18.0 Å². The molecule has 0 aliphatic rings. The molecule has 7 nitrogen and oxygen atoms in total. The maximum Gasteiger partial charge on any atom is 0.416 e. The van der Waals surface area contributed by atoms with E-state index in [4.69, 9.17) is 9.84 Å². The predicted octanol–water partition coefficient (Wildman–Crippen LogP) is 1.39. The van der Waals surface area contributed by atoms with Gasteiger partial charge in [0.15, 0.2) is 12.1 Å². The summed E-state index contributed by atoms with van der Waals surface area (Å²) >= 11 is 0. The summed E-state index contributed by atoms with van der Waals surface area (Å²) in [6.07, 6.45) is -8.52. The Morgan fingerprint density at radius 3 is 2.40 bits per heavy atom. The molecule has 0 aliphatic carbocycles. The van der Waals surface area contributed by atoms with Crippen molar-refractivity contribution in [3.8, 4) is 0 Å². The van der Waals surface area contributed by atoms with Crippen LogP contribution in [0, 0.1) is 0 Å². The molecule has 1 rings (SSSR count). The van der Waals surface area contributed by atoms with Gasteiger partial charge in [-0.2, -0.15) is 13.2 Å². The number of aliphatic hydroxyl groups is 1. The summed E-state index contributed by atoms with van der Waals surface area (Å²) in [6, 6.07) is 7.32. The zero-order chi connectivity index (χ0) is 18.9. The maximum atomic E-state index is 12.2. The lowest BCUT2D eigenvalue weighted by atomic mass is 10.2. The van der Waals surface area contributed by atoms with Crippen molar-refractivity contribution in [2.24, 2.45) is 0 Å². The van der Waals surface area contributed by atoms with Gasteiger partial charge in [0, 0.05) is 0 Å². The Balaban J connectivity index is 2.46. The monoisotopic (exact) mass is 365 g/mol. The summed E-state index contributed by atoms with van der Waals surface area (Å²) in [4.78, 5) is 23.2. The lowest BCUT2D eigenvalue weighted by Crippen LogP contribution is -2.45. The Morgan fingerprint density at radius 2 is 1.84 bits per heavy atom. The second-order valence-corrected chi connectivity index (χ2v) is 4.88. The molecule has 0 aliphatic heterocycles. The number of carbonyl (C=O) groups is 2. The Labute approximate surface area is 141 Å². The zero-order valence-electron chi connectivity index (χ0n) is 13.3. The van der Waals surface area contributed by atoms with Crippen LogP contribution in [-0.4, -0.2) is 55.8 Å². The summed E-state index contributed by atoms with van der Waals surface area (Å²) in [7, 11) is 1.04. The van der Waals surface area contributed by atoms with Gasteiger partial charge in [0.05, 0.1) is 20.3 Å². The van der Waals surface area contributed by atoms with Crippen LogP contribution >= 0.6 is 0 Å². The molecule has 2 atom stereocenters. The molecule has 25 heavy (non-hydrogen) atoms. The number of rotatable bonds is 8. The largest absolute Gasteiger partial charge is 0.467 e. The van der Waals surface area contributed by atoms with Crippen molar-refractivity contribution in [2.45, 2.75) is 24.9 Å². The first kappa shape index (κ1) is 20.7. The highest BCUT2D eigenvalue weighted by molar-refractivity contribution is 5.81. The molecule has 1 aromatic rings. The molecule has 0 saturated carbocycles. The molecule has 0 saturated heterocycles. The minimum atomic E-state index is -4.84. The molecule has 2 N–H and O–H groups in total. The number of alkyl halides is 3. The highest BCUT2D eigenvalue weighted by Crippen LogP contribution is 2.20. The van der Waals surface area contributed by atoms with Gasteiger partial charge in [0.2, 0.25) is 0 Å². The standard InChI is InChI=1S/C15H18F3NO6/c1-23-13(21)11(8-24-9-12(20)15(16,17)18)19-14(22)25-7-10-5-3-2-4-6-10/h2-6,11-12,20H,7-9H2,1H3,(H,19,22). The number of benzene rings is 1. The van der Waals surface area contributed by atoms with Crippen LogP contribution in [0.15, 0.2) is 30.3 Å². The molecule has 140 valence electrons. The Hall–Kier alpha value is -2.33. The van der Waals surface area contributed by atoms with Crippen molar-refractivity contribution < 1.29 is 42.1 Å². The maximum absolute atomic E-state index is 12.2. The topological polar surface area (TPSA) is 94.1 Å². The van der Waals surface area contributed by atoms with E-state index < -0.39 is 43.6 Å². The van der Waals surface area contributed by atoms with Crippen molar-refractivity contribution in [1.29, 1.82) is 0 Å². The van der Waals surface area contributed by atoms with E-state index in [9.17, 15) is 22.8 Å². The van der Waals surface area contributed by atoms with E-state index in [-0.39, 0.29) is 6.61 Å². The lowest BCUT2D eigenvalue weighted by molar-refractivity contribution is -0.217.